The lowest BCUT2D eigenvalue weighted by Gasteiger charge is -2.12. The third-order valence-corrected chi connectivity index (χ3v) is 3.98. The van der Waals surface area contributed by atoms with Crippen molar-refractivity contribution in [1.29, 1.82) is 0 Å². The van der Waals surface area contributed by atoms with Crippen LogP contribution in [0.3, 0.4) is 0 Å². The van der Waals surface area contributed by atoms with Crippen molar-refractivity contribution in [2.45, 2.75) is 13.5 Å². The number of pyridine rings is 1. The van der Waals surface area contributed by atoms with Crippen molar-refractivity contribution >= 4 is 16.8 Å². The number of hydrogen-bond donors (Lipinski definition) is 2. The van der Waals surface area contributed by atoms with Gasteiger partial charge >= 0.3 is 0 Å². The van der Waals surface area contributed by atoms with Crippen molar-refractivity contribution < 1.29 is 9.53 Å². The zero-order valence-electron chi connectivity index (χ0n) is 13.6. The number of aromatic amines is 1. The lowest BCUT2D eigenvalue weighted by Crippen LogP contribution is -2.31. The number of ether oxygens (including phenoxy) is 1. The molecular weight excluding hydrogens is 306 g/mol. The number of aryl methyl sites for hydroxylation is 1. The highest BCUT2D eigenvalue weighted by atomic mass is 16.5. The Balaban J connectivity index is 1.66. The molecule has 0 aliphatic rings. The fraction of sp³-hybridized carbons (Fsp3) is 0.222. The van der Waals surface area contributed by atoms with E-state index in [2.05, 4.69) is 10.3 Å². The second kappa shape index (κ2) is 6.62. The van der Waals surface area contributed by atoms with Gasteiger partial charge in [-0.1, -0.05) is 0 Å². The number of carbonyl (C=O) groups is 1. The Morgan fingerprint density at radius 3 is 2.83 bits per heavy atom. The summed E-state index contributed by atoms with van der Waals surface area (Å²) in [6.45, 7) is 2.62. The summed E-state index contributed by atoms with van der Waals surface area (Å²) in [6.07, 6.45) is 1.84. The molecule has 0 saturated heterocycles. The van der Waals surface area contributed by atoms with E-state index in [1.165, 1.54) is 13.2 Å². The molecule has 0 bridgehead atoms. The van der Waals surface area contributed by atoms with Crippen LogP contribution in [0.2, 0.25) is 0 Å². The number of nitrogens with zero attached hydrogens (tertiary/aromatic N) is 1. The molecule has 0 unspecified atom stereocenters. The third-order valence-electron chi connectivity index (χ3n) is 3.98. The Kier molecular flexibility index (Phi) is 4.37. The Bertz CT molecular complexity index is 940. The summed E-state index contributed by atoms with van der Waals surface area (Å²) < 4.78 is 6.68. The monoisotopic (exact) mass is 325 g/mol. The first-order chi connectivity index (χ1) is 11.6. The zero-order valence-corrected chi connectivity index (χ0v) is 13.6. The molecule has 2 N–H and O–H groups in total. The summed E-state index contributed by atoms with van der Waals surface area (Å²) in [7, 11) is 1.53. The maximum absolute atomic E-state index is 12.2. The molecule has 3 aromatic rings. The Labute approximate surface area is 139 Å². The fourth-order valence-corrected chi connectivity index (χ4v) is 2.68. The van der Waals surface area contributed by atoms with Gasteiger partial charge in [-0.05, 0) is 37.3 Å². The van der Waals surface area contributed by atoms with E-state index < -0.39 is 0 Å². The minimum absolute atomic E-state index is 0.144. The highest BCUT2D eigenvalue weighted by Crippen LogP contribution is 2.14. The van der Waals surface area contributed by atoms with Crippen LogP contribution in [0.4, 0.5) is 0 Å². The number of fused-ring (bicyclic) bond motifs is 1. The molecule has 0 atom stereocenters. The van der Waals surface area contributed by atoms with Gasteiger partial charge in [0.05, 0.1) is 7.11 Å². The molecule has 0 spiro atoms. The molecule has 3 rings (SSSR count). The maximum Gasteiger partial charge on any atom is 0.254 e. The van der Waals surface area contributed by atoms with Gasteiger partial charge in [0, 0.05) is 47.5 Å². The largest absolute Gasteiger partial charge is 0.496 e. The highest BCUT2D eigenvalue weighted by molar-refractivity contribution is 5.98. The summed E-state index contributed by atoms with van der Waals surface area (Å²) in [5.41, 5.74) is 2.24. The predicted octanol–water partition coefficient (Wildman–Crippen LogP) is 2.08. The van der Waals surface area contributed by atoms with E-state index >= 15 is 0 Å². The highest BCUT2D eigenvalue weighted by Gasteiger charge is 2.08. The first kappa shape index (κ1) is 15.9. The maximum atomic E-state index is 12.2. The third kappa shape index (κ3) is 3.17. The number of carbonyl (C=O) groups excluding carboxylic acids is 1. The molecule has 0 aliphatic carbocycles. The summed E-state index contributed by atoms with van der Waals surface area (Å²) in [6, 6.07) is 10.7. The number of rotatable bonds is 5. The van der Waals surface area contributed by atoms with E-state index in [0.29, 0.717) is 24.4 Å². The standard InChI is InChI=1S/C18H19N3O3/c1-12-9-15(24-2)11-17(22)21(12)8-7-20-18(23)14-3-4-16-13(10-14)5-6-19-16/h3-6,9-11,19H,7-8H2,1-2H3,(H,20,23). The molecule has 0 radical (unpaired) electrons. The predicted molar refractivity (Wildman–Crippen MR) is 92.6 cm³/mol. The van der Waals surface area contributed by atoms with E-state index in [0.717, 1.165) is 16.6 Å². The number of methoxy groups -OCH3 is 1. The lowest BCUT2D eigenvalue weighted by atomic mass is 10.1. The van der Waals surface area contributed by atoms with Crippen LogP contribution in [0.25, 0.3) is 10.9 Å². The first-order valence-electron chi connectivity index (χ1n) is 7.69. The zero-order chi connectivity index (χ0) is 17.1. The van der Waals surface area contributed by atoms with Crippen LogP contribution >= 0.6 is 0 Å². The molecule has 124 valence electrons. The molecule has 1 amide bonds. The molecular formula is C18H19N3O3. The van der Waals surface area contributed by atoms with Crippen molar-refractivity contribution in [3.05, 3.63) is 64.2 Å². The van der Waals surface area contributed by atoms with E-state index in [1.807, 2.05) is 31.3 Å². The molecule has 1 aromatic carbocycles. The summed E-state index contributed by atoms with van der Waals surface area (Å²) in [4.78, 5) is 27.4. The van der Waals surface area contributed by atoms with Gasteiger partial charge in [-0.2, -0.15) is 0 Å². The first-order valence-corrected chi connectivity index (χ1v) is 7.69. The second-order valence-corrected chi connectivity index (χ2v) is 5.56. The number of benzene rings is 1. The topological polar surface area (TPSA) is 76.1 Å². The Morgan fingerprint density at radius 2 is 2.08 bits per heavy atom. The minimum atomic E-state index is -0.155. The number of H-pyrrole nitrogens is 1. The van der Waals surface area contributed by atoms with E-state index in [9.17, 15) is 9.59 Å². The summed E-state index contributed by atoms with van der Waals surface area (Å²) >= 11 is 0. The fourth-order valence-electron chi connectivity index (χ4n) is 2.68. The van der Waals surface area contributed by atoms with Crippen molar-refractivity contribution in [2.75, 3.05) is 13.7 Å². The number of nitrogens with one attached hydrogen (secondary N) is 2. The van der Waals surface area contributed by atoms with Gasteiger partial charge in [0.2, 0.25) is 0 Å². The van der Waals surface area contributed by atoms with Crippen molar-refractivity contribution in [1.82, 2.24) is 14.9 Å². The normalized spacial score (nSPS) is 10.8. The minimum Gasteiger partial charge on any atom is -0.496 e. The van der Waals surface area contributed by atoms with Crippen LogP contribution in [0, 0.1) is 6.92 Å². The van der Waals surface area contributed by atoms with Gasteiger partial charge in [0.1, 0.15) is 5.75 Å². The molecule has 0 saturated carbocycles. The van der Waals surface area contributed by atoms with Gasteiger partial charge in [0.15, 0.2) is 0 Å². The van der Waals surface area contributed by atoms with Gasteiger partial charge in [0.25, 0.3) is 11.5 Å². The van der Waals surface area contributed by atoms with Gasteiger partial charge in [-0.3, -0.25) is 9.59 Å². The molecule has 24 heavy (non-hydrogen) atoms. The van der Waals surface area contributed by atoms with Crippen LogP contribution in [0.15, 0.2) is 47.4 Å². The molecule has 0 fully saturated rings. The second-order valence-electron chi connectivity index (χ2n) is 5.56. The number of aromatic nitrogens is 2. The van der Waals surface area contributed by atoms with Crippen molar-refractivity contribution in [2.24, 2.45) is 0 Å². The van der Waals surface area contributed by atoms with Crippen LogP contribution < -0.4 is 15.6 Å². The Morgan fingerprint density at radius 1 is 1.25 bits per heavy atom. The van der Waals surface area contributed by atoms with Crippen molar-refractivity contribution in [3.63, 3.8) is 0 Å². The SMILES string of the molecule is COc1cc(C)n(CCNC(=O)c2ccc3[nH]ccc3c2)c(=O)c1. The van der Waals surface area contributed by atoms with Crippen LogP contribution in [-0.4, -0.2) is 29.1 Å². The average molecular weight is 325 g/mol. The quantitative estimate of drug-likeness (QED) is 0.754. The van der Waals surface area contributed by atoms with E-state index in [1.54, 1.807) is 16.7 Å². The molecule has 6 nitrogen and oxygen atoms in total. The smallest absolute Gasteiger partial charge is 0.254 e. The van der Waals surface area contributed by atoms with Crippen LogP contribution in [-0.2, 0) is 6.54 Å². The van der Waals surface area contributed by atoms with Crippen molar-refractivity contribution in [3.8, 4) is 5.75 Å². The molecule has 0 aliphatic heterocycles. The van der Waals surface area contributed by atoms with Gasteiger partial charge in [-0.25, -0.2) is 0 Å². The number of amides is 1. The van der Waals surface area contributed by atoms with Crippen LogP contribution in [0.1, 0.15) is 16.1 Å². The number of hydrogen-bond acceptors (Lipinski definition) is 3. The van der Waals surface area contributed by atoms with E-state index in [4.69, 9.17) is 4.74 Å². The average Bonchev–Trinajstić information content (AvgIpc) is 3.04. The molecule has 2 heterocycles. The molecule has 2 aromatic heterocycles. The summed E-state index contributed by atoms with van der Waals surface area (Å²) in [5.74, 6) is 0.384. The molecule has 6 heteroatoms. The Hall–Kier alpha value is -3.02. The summed E-state index contributed by atoms with van der Waals surface area (Å²) in [5, 5.41) is 3.84. The van der Waals surface area contributed by atoms with Gasteiger partial charge in [-0.15, -0.1) is 0 Å². The van der Waals surface area contributed by atoms with E-state index in [-0.39, 0.29) is 11.5 Å². The van der Waals surface area contributed by atoms with Crippen LogP contribution in [0.5, 0.6) is 5.75 Å². The van der Waals surface area contributed by atoms with Gasteiger partial charge < -0.3 is 19.6 Å². The lowest BCUT2D eigenvalue weighted by molar-refractivity contribution is 0.0952.